The third kappa shape index (κ3) is 9.54. The molecule has 8 nitrogen and oxygen atoms in total. The topological polar surface area (TPSA) is 103 Å². The van der Waals surface area contributed by atoms with Crippen LogP contribution in [0.15, 0.2) is 0 Å². The Hall–Kier alpha value is -0.730. The Bertz CT molecular complexity index is 386. The Balaban J connectivity index is 4.65. The van der Waals surface area contributed by atoms with Crippen LogP contribution in [0.5, 0.6) is 0 Å². The molecule has 3 atom stereocenters. The molecule has 0 aromatic rings. The minimum atomic E-state index is -1.84. The van der Waals surface area contributed by atoms with Crippen molar-refractivity contribution in [3.63, 3.8) is 0 Å². The fourth-order valence-corrected chi connectivity index (χ4v) is 2.17. The van der Waals surface area contributed by atoms with Gasteiger partial charge in [0.05, 0.1) is 6.42 Å². The zero-order chi connectivity index (χ0) is 18.8. The first-order chi connectivity index (χ1) is 11.1. The van der Waals surface area contributed by atoms with E-state index in [0.29, 0.717) is 0 Å². The van der Waals surface area contributed by atoms with Crippen LogP contribution >= 0.6 is 8.69 Å². The number of ether oxygens (including phenoxy) is 3. The van der Waals surface area contributed by atoms with Crippen molar-refractivity contribution in [2.45, 2.75) is 64.9 Å². The van der Waals surface area contributed by atoms with E-state index in [9.17, 15) is 18.9 Å². The molecule has 10 heteroatoms. The third-order valence-corrected chi connectivity index (χ3v) is 3.13. The van der Waals surface area contributed by atoms with Crippen LogP contribution in [0, 0.1) is 0 Å². The average Bonchev–Trinajstić information content (AvgIpc) is 2.43. The van der Waals surface area contributed by atoms with Crippen LogP contribution in [-0.4, -0.2) is 54.8 Å². The number of carbonyl (C=O) groups is 1. The molecular formula is C14H29FNO7P. The van der Waals surface area contributed by atoms with Crippen molar-refractivity contribution < 1.29 is 37.6 Å². The fourth-order valence-electron chi connectivity index (χ4n) is 1.79. The normalized spacial score (nSPS) is 15.5. The Labute approximate surface area is 143 Å². The minimum absolute atomic E-state index is 0.137. The smallest absolute Gasteiger partial charge is 0.407 e. The second-order valence-corrected chi connectivity index (χ2v) is 6.36. The Morgan fingerprint density at radius 3 is 2.21 bits per heavy atom. The lowest BCUT2D eigenvalue weighted by Crippen LogP contribution is -2.45. The molecule has 0 spiro atoms. The Kier molecular flexibility index (Phi) is 10.7. The van der Waals surface area contributed by atoms with E-state index in [2.05, 4.69) is 5.32 Å². The first kappa shape index (κ1) is 23.3. The van der Waals surface area contributed by atoms with E-state index >= 15 is 0 Å². The number of alkyl carbamates (subject to hydrolysis) is 1. The van der Waals surface area contributed by atoms with Crippen LogP contribution < -0.4 is 5.32 Å². The fraction of sp³-hybridized carbons (Fsp3) is 0.929. The average molecular weight is 373 g/mol. The number of aliphatic hydroxyl groups excluding tert-OH is 1. The molecule has 0 saturated heterocycles. The summed E-state index contributed by atoms with van der Waals surface area (Å²) in [5, 5.41) is 12.1. The first-order valence-electron chi connectivity index (χ1n) is 7.77. The molecule has 0 aromatic carbocycles. The lowest BCUT2D eigenvalue weighted by atomic mass is 10.1. The van der Waals surface area contributed by atoms with Crippen LogP contribution in [0.2, 0.25) is 0 Å². The summed E-state index contributed by atoms with van der Waals surface area (Å²) in [6.45, 7) is 8.24. The van der Waals surface area contributed by atoms with Gasteiger partial charge in [0.1, 0.15) is 17.9 Å². The number of alkyl halides is 1. The van der Waals surface area contributed by atoms with Gasteiger partial charge in [0, 0.05) is 19.8 Å². The SMILES string of the molecule is CCOC(CC(F)C(O)CNC(=O)OC(C)(C)C)(OCC)O[PH2]=O. The molecular weight excluding hydrogens is 344 g/mol. The molecule has 0 aliphatic carbocycles. The number of carbonyl (C=O) groups excluding carboxylic acids is 1. The summed E-state index contributed by atoms with van der Waals surface area (Å²) in [7, 11) is -1.70. The second-order valence-electron chi connectivity index (χ2n) is 5.93. The lowest BCUT2D eigenvalue weighted by Gasteiger charge is -2.32. The highest BCUT2D eigenvalue weighted by molar-refractivity contribution is 7.17. The molecule has 3 unspecified atom stereocenters. The van der Waals surface area contributed by atoms with Crippen LogP contribution in [-0.2, 0) is 23.3 Å². The molecule has 0 radical (unpaired) electrons. The molecule has 0 aliphatic heterocycles. The van der Waals surface area contributed by atoms with Crippen molar-refractivity contribution in [1.29, 1.82) is 0 Å². The number of rotatable bonds is 11. The molecule has 2 N–H and O–H groups in total. The second kappa shape index (κ2) is 11.0. The summed E-state index contributed by atoms with van der Waals surface area (Å²) >= 11 is 0. The van der Waals surface area contributed by atoms with Gasteiger partial charge in [0.25, 0.3) is 5.97 Å². The maximum Gasteiger partial charge on any atom is 0.407 e. The molecule has 0 heterocycles. The zero-order valence-corrected chi connectivity index (χ0v) is 16.0. The molecule has 24 heavy (non-hydrogen) atoms. The van der Waals surface area contributed by atoms with E-state index in [0.717, 1.165) is 0 Å². The van der Waals surface area contributed by atoms with Crippen molar-refractivity contribution in [2.24, 2.45) is 0 Å². The molecule has 0 aromatic heterocycles. The van der Waals surface area contributed by atoms with E-state index in [4.69, 9.17) is 18.7 Å². The van der Waals surface area contributed by atoms with Gasteiger partial charge in [-0.1, -0.05) is 0 Å². The number of hydrogen-bond acceptors (Lipinski definition) is 7. The van der Waals surface area contributed by atoms with Gasteiger partial charge in [-0.25, -0.2) is 9.18 Å². The van der Waals surface area contributed by atoms with Crippen LogP contribution in [0.25, 0.3) is 0 Å². The standard InChI is InChI=1S/C14H29FNO7P/c1-6-20-14(21-7-2,23-24-19)8-10(15)11(17)9-16-12(18)22-13(3,4)5/h10-11,17H,6-9,24H2,1-5H3,(H,16,18). The monoisotopic (exact) mass is 373 g/mol. The lowest BCUT2D eigenvalue weighted by molar-refractivity contribution is -0.347. The molecule has 1 amide bonds. The summed E-state index contributed by atoms with van der Waals surface area (Å²) in [6.07, 6.45) is -4.65. The highest BCUT2D eigenvalue weighted by atomic mass is 31.1. The molecule has 0 aliphatic rings. The van der Waals surface area contributed by atoms with Gasteiger partial charge < -0.3 is 24.6 Å². The van der Waals surface area contributed by atoms with Crippen LogP contribution in [0.4, 0.5) is 9.18 Å². The van der Waals surface area contributed by atoms with Gasteiger partial charge in [0.2, 0.25) is 0 Å². The van der Waals surface area contributed by atoms with Gasteiger partial charge in [0.15, 0.2) is 8.69 Å². The van der Waals surface area contributed by atoms with Crippen LogP contribution in [0.1, 0.15) is 41.0 Å². The number of amides is 1. The molecule has 0 rings (SSSR count). The molecule has 0 saturated carbocycles. The minimum Gasteiger partial charge on any atom is -0.444 e. The number of halogens is 1. The van der Waals surface area contributed by atoms with Crippen molar-refractivity contribution in [1.82, 2.24) is 5.32 Å². The van der Waals surface area contributed by atoms with Crippen molar-refractivity contribution in [3.05, 3.63) is 0 Å². The highest BCUT2D eigenvalue weighted by Crippen LogP contribution is 2.28. The number of aliphatic hydroxyl groups is 1. The summed E-state index contributed by atoms with van der Waals surface area (Å²) in [5.41, 5.74) is -0.700. The van der Waals surface area contributed by atoms with Gasteiger partial charge in [-0.15, -0.1) is 0 Å². The molecule has 0 fully saturated rings. The summed E-state index contributed by atoms with van der Waals surface area (Å²) in [5.74, 6) is -1.83. The van der Waals surface area contributed by atoms with E-state index in [-0.39, 0.29) is 19.8 Å². The van der Waals surface area contributed by atoms with E-state index in [1.165, 1.54) is 0 Å². The van der Waals surface area contributed by atoms with Gasteiger partial charge in [-0.05, 0) is 34.6 Å². The summed E-state index contributed by atoms with van der Waals surface area (Å²) in [4.78, 5) is 11.5. The Morgan fingerprint density at radius 1 is 1.25 bits per heavy atom. The van der Waals surface area contributed by atoms with E-state index in [1.807, 2.05) is 0 Å². The van der Waals surface area contributed by atoms with Gasteiger partial charge in [-0.3, -0.25) is 9.09 Å². The predicted octanol–water partition coefficient (Wildman–Crippen LogP) is 2.01. The van der Waals surface area contributed by atoms with Gasteiger partial charge >= 0.3 is 6.09 Å². The number of nitrogens with one attached hydrogen (secondary N) is 1. The maximum absolute atomic E-state index is 14.3. The highest BCUT2D eigenvalue weighted by Gasteiger charge is 2.39. The van der Waals surface area contributed by atoms with Crippen molar-refractivity contribution in [3.8, 4) is 0 Å². The molecule has 144 valence electrons. The van der Waals surface area contributed by atoms with Crippen molar-refractivity contribution in [2.75, 3.05) is 19.8 Å². The number of hydrogen-bond donors (Lipinski definition) is 2. The third-order valence-electron chi connectivity index (χ3n) is 2.67. The molecule has 0 bridgehead atoms. The first-order valence-corrected chi connectivity index (χ1v) is 8.71. The van der Waals surface area contributed by atoms with Crippen molar-refractivity contribution >= 4 is 14.8 Å². The maximum atomic E-state index is 14.3. The summed E-state index contributed by atoms with van der Waals surface area (Å²) in [6, 6.07) is 0. The summed E-state index contributed by atoms with van der Waals surface area (Å²) < 4.78 is 45.5. The van der Waals surface area contributed by atoms with E-state index in [1.54, 1.807) is 34.6 Å². The predicted molar refractivity (Wildman–Crippen MR) is 87.2 cm³/mol. The Morgan fingerprint density at radius 2 is 1.79 bits per heavy atom. The quantitative estimate of drug-likeness (QED) is 0.422. The van der Waals surface area contributed by atoms with Crippen LogP contribution in [0.3, 0.4) is 0 Å². The van der Waals surface area contributed by atoms with Gasteiger partial charge in [-0.2, -0.15) is 0 Å². The largest absolute Gasteiger partial charge is 0.444 e. The zero-order valence-electron chi connectivity index (χ0n) is 14.8. The van der Waals surface area contributed by atoms with E-state index < -0.39 is 45.1 Å².